The molecule has 0 bridgehead atoms. The van der Waals surface area contributed by atoms with E-state index < -0.39 is 16.8 Å². The summed E-state index contributed by atoms with van der Waals surface area (Å²) in [6, 6.07) is 6.97. The lowest BCUT2D eigenvalue weighted by molar-refractivity contribution is -0.484. The molecule has 1 aromatic carbocycles. The number of hydrogen-bond donors (Lipinski definition) is 0. The van der Waals surface area contributed by atoms with Crippen molar-refractivity contribution < 1.29 is 9.72 Å². The highest BCUT2D eigenvalue weighted by molar-refractivity contribution is 6.31. The van der Waals surface area contributed by atoms with Gasteiger partial charge in [-0.1, -0.05) is 43.6 Å². The van der Waals surface area contributed by atoms with Crippen molar-refractivity contribution in [1.29, 1.82) is 0 Å². The monoisotopic (exact) mass is 269 g/mol. The van der Waals surface area contributed by atoms with Gasteiger partial charge in [-0.05, 0) is 17.5 Å². The molecule has 0 aliphatic carbocycles. The first kappa shape index (κ1) is 14.6. The second-order valence-corrected chi connectivity index (χ2v) is 5.01. The van der Waals surface area contributed by atoms with E-state index in [2.05, 4.69) is 0 Å². The number of carbonyl (C=O) groups is 1. The average Bonchev–Trinajstić information content (AvgIpc) is 2.28. The van der Waals surface area contributed by atoms with E-state index >= 15 is 0 Å². The Bertz CT molecular complexity index is 434. The lowest BCUT2D eigenvalue weighted by Gasteiger charge is -2.23. The van der Waals surface area contributed by atoms with Gasteiger partial charge in [0.1, 0.15) is 6.29 Å². The quantitative estimate of drug-likeness (QED) is 0.453. The van der Waals surface area contributed by atoms with E-state index in [4.69, 9.17) is 11.6 Å². The number of nitro groups is 1. The lowest BCUT2D eigenvalue weighted by atomic mass is 9.80. The zero-order valence-corrected chi connectivity index (χ0v) is 11.1. The number of rotatable bonds is 6. The van der Waals surface area contributed by atoms with Crippen LogP contribution in [0, 0.1) is 22.0 Å². The van der Waals surface area contributed by atoms with E-state index in [0.717, 1.165) is 6.29 Å². The van der Waals surface area contributed by atoms with Crippen molar-refractivity contribution in [1.82, 2.24) is 0 Å². The Morgan fingerprint density at radius 3 is 2.44 bits per heavy atom. The molecule has 0 aliphatic heterocycles. The van der Waals surface area contributed by atoms with Crippen molar-refractivity contribution in [2.75, 3.05) is 6.54 Å². The van der Waals surface area contributed by atoms with Crippen LogP contribution in [0.2, 0.25) is 5.02 Å². The summed E-state index contributed by atoms with van der Waals surface area (Å²) in [5.41, 5.74) is 0.668. The Morgan fingerprint density at radius 2 is 2.00 bits per heavy atom. The topological polar surface area (TPSA) is 60.2 Å². The van der Waals surface area contributed by atoms with Crippen molar-refractivity contribution in [2.45, 2.75) is 19.8 Å². The number of nitrogens with zero attached hydrogens (tertiary/aromatic N) is 1. The SMILES string of the molecule is CC(C)[C@@H](C=O)[C@H](C[N+](=O)[O-])c1ccccc1Cl. The zero-order chi connectivity index (χ0) is 13.7. The molecule has 0 saturated heterocycles. The average molecular weight is 270 g/mol. The van der Waals surface area contributed by atoms with Crippen LogP contribution in [0.15, 0.2) is 24.3 Å². The molecular weight excluding hydrogens is 254 g/mol. The predicted molar refractivity (Wildman–Crippen MR) is 70.4 cm³/mol. The van der Waals surface area contributed by atoms with Crippen LogP contribution >= 0.6 is 11.6 Å². The summed E-state index contributed by atoms with van der Waals surface area (Å²) in [6.07, 6.45) is 0.794. The van der Waals surface area contributed by atoms with Gasteiger partial charge < -0.3 is 4.79 Å². The molecule has 0 radical (unpaired) electrons. The summed E-state index contributed by atoms with van der Waals surface area (Å²) in [7, 11) is 0. The molecule has 0 spiro atoms. The molecule has 2 atom stereocenters. The van der Waals surface area contributed by atoms with Crippen molar-refractivity contribution >= 4 is 17.9 Å². The summed E-state index contributed by atoms with van der Waals surface area (Å²) in [6.45, 7) is 3.47. The highest BCUT2D eigenvalue weighted by Crippen LogP contribution is 2.33. The fourth-order valence-electron chi connectivity index (χ4n) is 2.08. The maximum Gasteiger partial charge on any atom is 0.211 e. The minimum absolute atomic E-state index is 0.0312. The van der Waals surface area contributed by atoms with Gasteiger partial charge in [-0.25, -0.2) is 0 Å². The van der Waals surface area contributed by atoms with Gasteiger partial charge in [0.25, 0.3) is 0 Å². The molecule has 5 heteroatoms. The van der Waals surface area contributed by atoms with Crippen LogP contribution < -0.4 is 0 Å². The maximum absolute atomic E-state index is 11.2. The number of hydrogen-bond acceptors (Lipinski definition) is 3. The molecule has 0 aliphatic rings. The Labute approximate surface area is 111 Å². The van der Waals surface area contributed by atoms with E-state index in [9.17, 15) is 14.9 Å². The zero-order valence-electron chi connectivity index (χ0n) is 10.4. The third-order valence-electron chi connectivity index (χ3n) is 3.04. The van der Waals surface area contributed by atoms with Gasteiger partial charge in [-0.15, -0.1) is 0 Å². The summed E-state index contributed by atoms with van der Waals surface area (Å²) in [4.78, 5) is 21.6. The van der Waals surface area contributed by atoms with Gasteiger partial charge in [0.15, 0.2) is 0 Å². The van der Waals surface area contributed by atoms with Gasteiger partial charge in [-0.2, -0.15) is 0 Å². The van der Waals surface area contributed by atoms with Crippen LogP contribution in [0.25, 0.3) is 0 Å². The van der Waals surface area contributed by atoms with Crippen molar-refractivity contribution in [3.05, 3.63) is 45.0 Å². The van der Waals surface area contributed by atoms with Crippen LogP contribution in [-0.4, -0.2) is 17.8 Å². The number of carbonyl (C=O) groups excluding carboxylic acids is 1. The molecule has 4 nitrogen and oxygen atoms in total. The van der Waals surface area contributed by atoms with Crippen molar-refractivity contribution in [3.63, 3.8) is 0 Å². The normalized spacial score (nSPS) is 14.2. The molecule has 18 heavy (non-hydrogen) atoms. The first-order valence-electron chi connectivity index (χ1n) is 5.79. The fourth-order valence-corrected chi connectivity index (χ4v) is 2.36. The Morgan fingerprint density at radius 1 is 1.39 bits per heavy atom. The van der Waals surface area contributed by atoms with E-state index in [1.54, 1.807) is 24.3 Å². The predicted octanol–water partition coefficient (Wildman–Crippen LogP) is 3.17. The second-order valence-electron chi connectivity index (χ2n) is 4.60. The van der Waals surface area contributed by atoms with Gasteiger partial charge in [0, 0.05) is 15.9 Å². The fraction of sp³-hybridized carbons (Fsp3) is 0.462. The van der Waals surface area contributed by atoms with Crippen LogP contribution in [0.3, 0.4) is 0 Å². The molecule has 0 fully saturated rings. The minimum atomic E-state index is -0.480. The minimum Gasteiger partial charge on any atom is -0.303 e. The third-order valence-corrected chi connectivity index (χ3v) is 3.39. The molecule has 1 aromatic rings. The largest absolute Gasteiger partial charge is 0.303 e. The first-order valence-corrected chi connectivity index (χ1v) is 6.16. The summed E-state index contributed by atoms with van der Waals surface area (Å²) < 4.78 is 0. The molecule has 0 saturated carbocycles. The molecule has 0 heterocycles. The van der Waals surface area contributed by atoms with Crippen molar-refractivity contribution in [3.8, 4) is 0 Å². The lowest BCUT2D eigenvalue weighted by Crippen LogP contribution is -2.26. The Balaban J connectivity index is 3.16. The molecule has 0 aromatic heterocycles. The Kier molecular flexibility index (Phi) is 5.28. The standard InChI is InChI=1S/C13H16ClNO3/c1-9(2)12(8-16)11(7-15(17)18)10-5-3-4-6-13(10)14/h3-6,8-9,11-12H,7H2,1-2H3/t11-,12-/m1/s1. The smallest absolute Gasteiger partial charge is 0.211 e. The maximum atomic E-state index is 11.2. The number of halogens is 1. The number of aldehydes is 1. The summed E-state index contributed by atoms with van der Waals surface area (Å²) in [5, 5.41) is 11.3. The van der Waals surface area contributed by atoms with Gasteiger partial charge in [0.2, 0.25) is 6.54 Å². The second kappa shape index (κ2) is 6.50. The van der Waals surface area contributed by atoms with E-state index in [0.29, 0.717) is 10.6 Å². The first-order chi connectivity index (χ1) is 8.47. The molecule has 98 valence electrons. The van der Waals surface area contributed by atoms with Crippen molar-refractivity contribution in [2.24, 2.45) is 11.8 Å². The summed E-state index contributed by atoms with van der Waals surface area (Å²) >= 11 is 6.07. The summed E-state index contributed by atoms with van der Waals surface area (Å²) in [5.74, 6) is -0.856. The van der Waals surface area contributed by atoms with E-state index in [1.807, 2.05) is 13.8 Å². The van der Waals surface area contributed by atoms with Gasteiger partial charge in [0.05, 0.1) is 5.92 Å². The van der Waals surface area contributed by atoms with E-state index in [-0.39, 0.29) is 12.5 Å². The molecular formula is C13H16ClNO3. The van der Waals surface area contributed by atoms with Gasteiger partial charge >= 0.3 is 0 Å². The van der Waals surface area contributed by atoms with Crippen LogP contribution in [-0.2, 0) is 4.79 Å². The van der Waals surface area contributed by atoms with Gasteiger partial charge in [-0.3, -0.25) is 10.1 Å². The van der Waals surface area contributed by atoms with Crippen LogP contribution in [0.4, 0.5) is 0 Å². The molecule has 0 amide bonds. The molecule has 0 N–H and O–H groups in total. The number of benzene rings is 1. The highest BCUT2D eigenvalue weighted by atomic mass is 35.5. The highest BCUT2D eigenvalue weighted by Gasteiger charge is 2.31. The van der Waals surface area contributed by atoms with E-state index in [1.165, 1.54) is 0 Å². The molecule has 1 rings (SSSR count). The third kappa shape index (κ3) is 3.53. The van der Waals surface area contributed by atoms with Crippen LogP contribution in [0.1, 0.15) is 25.3 Å². The van der Waals surface area contributed by atoms with Crippen LogP contribution in [0.5, 0.6) is 0 Å². The Hall–Kier alpha value is -1.42. The molecule has 0 unspecified atom stereocenters.